The number of nitrogens with two attached hydrogens (primary N) is 1. The molecule has 2 unspecified atom stereocenters. The highest BCUT2D eigenvalue weighted by atomic mass is 35.5. The van der Waals surface area contributed by atoms with Crippen LogP contribution in [-0.2, 0) is 6.54 Å². The third-order valence-corrected chi connectivity index (χ3v) is 4.97. The third kappa shape index (κ3) is 3.18. The predicted molar refractivity (Wildman–Crippen MR) is 83.8 cm³/mol. The SMILES string of the molecule is CN(C)CCn1ncc(Cl)c1C(N)C1CCCC1(C)C. The number of hydrogen-bond acceptors (Lipinski definition) is 3. The van der Waals surface area contributed by atoms with Crippen molar-refractivity contribution < 1.29 is 0 Å². The maximum Gasteiger partial charge on any atom is 0.0834 e. The average molecular weight is 299 g/mol. The first-order valence-corrected chi connectivity index (χ1v) is 7.82. The van der Waals surface area contributed by atoms with Gasteiger partial charge in [0.1, 0.15) is 0 Å². The van der Waals surface area contributed by atoms with Gasteiger partial charge < -0.3 is 10.6 Å². The lowest BCUT2D eigenvalue weighted by Gasteiger charge is -2.32. The number of aromatic nitrogens is 2. The zero-order valence-corrected chi connectivity index (χ0v) is 13.8. The first kappa shape index (κ1) is 15.8. The quantitative estimate of drug-likeness (QED) is 0.909. The molecule has 5 heteroatoms. The Morgan fingerprint density at radius 2 is 2.25 bits per heavy atom. The molecule has 0 aromatic carbocycles. The summed E-state index contributed by atoms with van der Waals surface area (Å²) in [5, 5.41) is 5.11. The highest BCUT2D eigenvalue weighted by Crippen LogP contribution is 2.48. The van der Waals surface area contributed by atoms with E-state index in [2.05, 4.69) is 37.9 Å². The van der Waals surface area contributed by atoms with Crippen molar-refractivity contribution in [3.8, 4) is 0 Å². The van der Waals surface area contributed by atoms with E-state index >= 15 is 0 Å². The van der Waals surface area contributed by atoms with Gasteiger partial charge in [0.25, 0.3) is 0 Å². The van der Waals surface area contributed by atoms with Crippen LogP contribution in [0.5, 0.6) is 0 Å². The summed E-state index contributed by atoms with van der Waals surface area (Å²) >= 11 is 6.35. The lowest BCUT2D eigenvalue weighted by Crippen LogP contribution is -2.32. The van der Waals surface area contributed by atoms with E-state index < -0.39 is 0 Å². The molecular formula is C15H27ClN4. The lowest BCUT2D eigenvalue weighted by molar-refractivity contribution is 0.215. The maximum atomic E-state index is 6.57. The van der Waals surface area contributed by atoms with Crippen LogP contribution >= 0.6 is 11.6 Å². The van der Waals surface area contributed by atoms with E-state index in [9.17, 15) is 0 Å². The number of likely N-dealkylation sites (N-methyl/N-ethyl adjacent to an activating group) is 1. The molecule has 0 spiro atoms. The molecule has 0 bridgehead atoms. The molecule has 2 atom stereocenters. The van der Waals surface area contributed by atoms with Crippen LogP contribution in [0.15, 0.2) is 6.20 Å². The average Bonchev–Trinajstić information content (AvgIpc) is 2.88. The minimum Gasteiger partial charge on any atom is -0.322 e. The Bertz CT molecular complexity index is 453. The fourth-order valence-corrected chi connectivity index (χ4v) is 3.65. The van der Waals surface area contributed by atoms with Crippen LogP contribution in [0.4, 0.5) is 0 Å². The molecule has 1 aromatic rings. The summed E-state index contributed by atoms with van der Waals surface area (Å²) in [6, 6.07) is -0.0235. The highest BCUT2D eigenvalue weighted by Gasteiger charge is 2.40. The molecule has 1 aliphatic carbocycles. The van der Waals surface area contributed by atoms with Gasteiger partial charge in [-0.2, -0.15) is 5.10 Å². The van der Waals surface area contributed by atoms with E-state index in [1.165, 1.54) is 19.3 Å². The highest BCUT2D eigenvalue weighted by molar-refractivity contribution is 6.31. The molecule has 0 saturated heterocycles. The predicted octanol–water partition coefficient (Wildman–Crippen LogP) is 2.92. The monoisotopic (exact) mass is 298 g/mol. The summed E-state index contributed by atoms with van der Waals surface area (Å²) in [5.41, 5.74) is 7.87. The number of rotatable bonds is 5. The smallest absolute Gasteiger partial charge is 0.0834 e. The van der Waals surface area contributed by atoms with Crippen molar-refractivity contribution in [1.29, 1.82) is 0 Å². The molecule has 1 aromatic heterocycles. The summed E-state index contributed by atoms with van der Waals surface area (Å²) in [4.78, 5) is 2.14. The van der Waals surface area contributed by atoms with Gasteiger partial charge in [0, 0.05) is 6.54 Å². The van der Waals surface area contributed by atoms with Crippen LogP contribution in [0, 0.1) is 11.3 Å². The molecule has 2 N–H and O–H groups in total. The molecule has 1 heterocycles. The van der Waals surface area contributed by atoms with Gasteiger partial charge >= 0.3 is 0 Å². The van der Waals surface area contributed by atoms with Gasteiger partial charge in [-0.15, -0.1) is 0 Å². The van der Waals surface area contributed by atoms with Crippen LogP contribution in [0.3, 0.4) is 0 Å². The summed E-state index contributed by atoms with van der Waals surface area (Å²) in [6.07, 6.45) is 5.42. The maximum absolute atomic E-state index is 6.57. The second-order valence-corrected chi connectivity index (χ2v) is 7.32. The van der Waals surface area contributed by atoms with Crippen molar-refractivity contribution in [3.05, 3.63) is 16.9 Å². The van der Waals surface area contributed by atoms with E-state index in [0.717, 1.165) is 18.8 Å². The zero-order valence-electron chi connectivity index (χ0n) is 13.1. The van der Waals surface area contributed by atoms with Crippen LogP contribution < -0.4 is 5.73 Å². The molecular weight excluding hydrogens is 272 g/mol. The Morgan fingerprint density at radius 3 is 2.80 bits per heavy atom. The van der Waals surface area contributed by atoms with E-state index in [-0.39, 0.29) is 6.04 Å². The lowest BCUT2D eigenvalue weighted by atomic mass is 9.77. The molecule has 4 nitrogen and oxygen atoms in total. The van der Waals surface area contributed by atoms with Crippen molar-refractivity contribution in [2.75, 3.05) is 20.6 Å². The van der Waals surface area contributed by atoms with Gasteiger partial charge in [0.2, 0.25) is 0 Å². The van der Waals surface area contributed by atoms with Gasteiger partial charge in [0.05, 0.1) is 29.5 Å². The summed E-state index contributed by atoms with van der Waals surface area (Å²) < 4.78 is 1.99. The minimum atomic E-state index is -0.0235. The van der Waals surface area contributed by atoms with Gasteiger partial charge in [-0.1, -0.05) is 31.9 Å². The molecule has 0 aliphatic heterocycles. The van der Waals surface area contributed by atoms with Gasteiger partial charge in [-0.05, 0) is 38.3 Å². The first-order valence-electron chi connectivity index (χ1n) is 7.44. The van der Waals surface area contributed by atoms with Gasteiger partial charge in [-0.25, -0.2) is 0 Å². The molecule has 0 amide bonds. The number of nitrogens with zero attached hydrogens (tertiary/aromatic N) is 3. The van der Waals surface area contributed by atoms with E-state index in [4.69, 9.17) is 17.3 Å². The fraction of sp³-hybridized carbons (Fsp3) is 0.800. The molecule has 0 radical (unpaired) electrons. The second kappa shape index (κ2) is 6.04. The van der Waals surface area contributed by atoms with Crippen molar-refractivity contribution in [2.45, 2.75) is 45.7 Å². The largest absolute Gasteiger partial charge is 0.322 e. The van der Waals surface area contributed by atoms with Gasteiger partial charge in [-0.3, -0.25) is 4.68 Å². The molecule has 1 fully saturated rings. The van der Waals surface area contributed by atoms with Gasteiger partial charge in [0.15, 0.2) is 0 Å². The Kier molecular flexibility index (Phi) is 4.77. The topological polar surface area (TPSA) is 47.1 Å². The van der Waals surface area contributed by atoms with Crippen LogP contribution in [0.1, 0.15) is 44.8 Å². The van der Waals surface area contributed by atoms with Crippen molar-refractivity contribution in [3.63, 3.8) is 0 Å². The van der Waals surface area contributed by atoms with E-state index in [1.807, 2.05) is 4.68 Å². The Morgan fingerprint density at radius 1 is 1.55 bits per heavy atom. The first-order chi connectivity index (χ1) is 9.33. The van der Waals surface area contributed by atoms with Crippen LogP contribution in [0.2, 0.25) is 5.02 Å². The van der Waals surface area contributed by atoms with Crippen molar-refractivity contribution in [2.24, 2.45) is 17.1 Å². The Labute approximate surface area is 127 Å². The molecule has 114 valence electrons. The molecule has 1 aliphatic rings. The second-order valence-electron chi connectivity index (χ2n) is 6.92. The fourth-order valence-electron chi connectivity index (χ4n) is 3.39. The molecule has 20 heavy (non-hydrogen) atoms. The zero-order chi connectivity index (χ0) is 14.9. The van der Waals surface area contributed by atoms with Crippen molar-refractivity contribution >= 4 is 11.6 Å². The summed E-state index contributed by atoms with van der Waals surface area (Å²) in [7, 11) is 4.12. The molecule has 1 saturated carbocycles. The normalized spacial score (nSPS) is 23.4. The van der Waals surface area contributed by atoms with Crippen LogP contribution in [-0.4, -0.2) is 35.3 Å². The third-order valence-electron chi connectivity index (χ3n) is 4.68. The minimum absolute atomic E-state index is 0.0235. The van der Waals surface area contributed by atoms with Crippen molar-refractivity contribution in [1.82, 2.24) is 14.7 Å². The number of halogens is 1. The van der Waals surface area contributed by atoms with Crippen LogP contribution in [0.25, 0.3) is 0 Å². The Hall–Kier alpha value is -0.580. The summed E-state index contributed by atoms with van der Waals surface area (Å²) in [6.45, 7) is 6.40. The Balaban J connectivity index is 2.21. The standard InChI is InChI=1S/C15H27ClN4/c1-15(2)7-5-6-11(15)13(17)14-12(16)10-18-20(14)9-8-19(3)4/h10-11,13H,5-9,17H2,1-4H3. The van der Waals surface area contributed by atoms with E-state index in [0.29, 0.717) is 16.4 Å². The van der Waals surface area contributed by atoms with E-state index in [1.54, 1.807) is 6.20 Å². The number of hydrogen-bond donors (Lipinski definition) is 1. The summed E-state index contributed by atoms with van der Waals surface area (Å²) in [5.74, 6) is 0.481. The molecule has 2 rings (SSSR count).